The molecule has 2 aliphatic heterocycles. The number of carbonyl (C=O) groups excluding carboxylic acids is 2. The first-order valence-corrected chi connectivity index (χ1v) is 11.5. The van der Waals surface area contributed by atoms with Crippen LogP contribution in [0, 0.1) is 0 Å². The Morgan fingerprint density at radius 2 is 1.78 bits per heavy atom. The molecule has 1 unspecified atom stereocenters. The second-order valence-corrected chi connectivity index (χ2v) is 8.65. The molecule has 1 aromatic heterocycles. The standard InChI is InChI=1S/C23H29ClN6O2/c24-19-6-2-1-5-18(19)21(29-9-3-4-10-29)16-27-22(31)17-28-11-13-30(14-12-28)23(32)20-15-25-7-8-26-20/h1-2,5-8,15,21H,3-4,9-14,16-17H2,(H,27,31). The quantitative estimate of drug-likeness (QED) is 0.684. The van der Waals surface area contributed by atoms with Crippen molar-refractivity contribution in [3.63, 3.8) is 0 Å². The van der Waals surface area contributed by atoms with Crippen LogP contribution in [-0.2, 0) is 4.79 Å². The van der Waals surface area contributed by atoms with E-state index in [1.165, 1.54) is 25.2 Å². The highest BCUT2D eigenvalue weighted by molar-refractivity contribution is 6.31. The largest absolute Gasteiger partial charge is 0.353 e. The Hall–Kier alpha value is -2.55. The predicted octanol–water partition coefficient (Wildman–Crippen LogP) is 1.84. The smallest absolute Gasteiger partial charge is 0.274 e. The number of hydrogen-bond acceptors (Lipinski definition) is 6. The lowest BCUT2D eigenvalue weighted by molar-refractivity contribution is -0.122. The first-order chi connectivity index (χ1) is 15.6. The van der Waals surface area contributed by atoms with Gasteiger partial charge in [-0.1, -0.05) is 29.8 Å². The number of aromatic nitrogens is 2. The molecule has 2 fully saturated rings. The maximum atomic E-state index is 12.7. The maximum absolute atomic E-state index is 12.7. The van der Waals surface area contributed by atoms with E-state index in [1.54, 1.807) is 11.1 Å². The highest BCUT2D eigenvalue weighted by atomic mass is 35.5. The van der Waals surface area contributed by atoms with E-state index < -0.39 is 0 Å². The Labute approximate surface area is 193 Å². The summed E-state index contributed by atoms with van der Waals surface area (Å²) in [7, 11) is 0. The maximum Gasteiger partial charge on any atom is 0.274 e. The van der Waals surface area contributed by atoms with Gasteiger partial charge in [0, 0.05) is 50.1 Å². The van der Waals surface area contributed by atoms with Crippen molar-refractivity contribution in [1.82, 2.24) is 30.0 Å². The monoisotopic (exact) mass is 456 g/mol. The minimum atomic E-state index is -0.115. The first kappa shape index (κ1) is 22.6. The second kappa shape index (κ2) is 10.8. The van der Waals surface area contributed by atoms with Gasteiger partial charge in [-0.05, 0) is 37.6 Å². The molecule has 1 aromatic carbocycles. The fourth-order valence-corrected chi connectivity index (χ4v) is 4.65. The lowest BCUT2D eigenvalue weighted by Crippen LogP contribution is -2.51. The predicted molar refractivity (Wildman–Crippen MR) is 122 cm³/mol. The van der Waals surface area contributed by atoms with Gasteiger partial charge in [-0.2, -0.15) is 0 Å². The molecule has 0 aliphatic carbocycles. The number of benzene rings is 1. The Morgan fingerprint density at radius 1 is 1.03 bits per heavy atom. The molecule has 4 rings (SSSR count). The van der Waals surface area contributed by atoms with E-state index in [0.717, 1.165) is 23.7 Å². The summed E-state index contributed by atoms with van der Waals surface area (Å²) in [5, 5.41) is 3.85. The van der Waals surface area contributed by atoms with E-state index in [4.69, 9.17) is 11.6 Å². The van der Waals surface area contributed by atoms with Gasteiger partial charge in [0.2, 0.25) is 5.91 Å². The number of halogens is 1. The van der Waals surface area contributed by atoms with Gasteiger partial charge in [-0.15, -0.1) is 0 Å². The van der Waals surface area contributed by atoms with Gasteiger partial charge in [-0.3, -0.25) is 24.4 Å². The lowest BCUT2D eigenvalue weighted by atomic mass is 10.1. The Bertz CT molecular complexity index is 914. The van der Waals surface area contributed by atoms with Crippen LogP contribution >= 0.6 is 11.6 Å². The molecule has 9 heteroatoms. The molecule has 0 saturated carbocycles. The van der Waals surface area contributed by atoms with Gasteiger partial charge >= 0.3 is 0 Å². The second-order valence-electron chi connectivity index (χ2n) is 8.24. The minimum Gasteiger partial charge on any atom is -0.353 e. The molecule has 0 bridgehead atoms. The molecule has 170 valence electrons. The van der Waals surface area contributed by atoms with Crippen molar-refractivity contribution in [1.29, 1.82) is 0 Å². The summed E-state index contributed by atoms with van der Waals surface area (Å²) in [6.07, 6.45) is 6.90. The van der Waals surface area contributed by atoms with E-state index in [9.17, 15) is 9.59 Å². The number of piperazine rings is 1. The summed E-state index contributed by atoms with van der Waals surface area (Å²) >= 11 is 6.46. The van der Waals surface area contributed by atoms with Crippen LogP contribution in [0.15, 0.2) is 42.9 Å². The topological polar surface area (TPSA) is 81.7 Å². The van der Waals surface area contributed by atoms with Crippen molar-refractivity contribution in [3.8, 4) is 0 Å². The van der Waals surface area contributed by atoms with Crippen molar-refractivity contribution in [2.75, 3.05) is 52.4 Å². The highest BCUT2D eigenvalue weighted by Crippen LogP contribution is 2.29. The molecular formula is C23H29ClN6O2. The highest BCUT2D eigenvalue weighted by Gasteiger charge is 2.27. The van der Waals surface area contributed by atoms with Gasteiger partial charge in [0.05, 0.1) is 18.8 Å². The van der Waals surface area contributed by atoms with Crippen molar-refractivity contribution in [2.45, 2.75) is 18.9 Å². The summed E-state index contributed by atoms with van der Waals surface area (Å²) in [5.41, 5.74) is 1.42. The number of amides is 2. The summed E-state index contributed by atoms with van der Waals surface area (Å²) in [4.78, 5) is 39.5. The van der Waals surface area contributed by atoms with Gasteiger partial charge in [0.1, 0.15) is 5.69 Å². The molecule has 8 nitrogen and oxygen atoms in total. The Balaban J connectivity index is 1.27. The molecule has 2 aliphatic rings. The molecule has 2 aromatic rings. The summed E-state index contributed by atoms with van der Waals surface area (Å²) in [6.45, 7) is 5.34. The van der Waals surface area contributed by atoms with E-state index in [-0.39, 0.29) is 17.9 Å². The average Bonchev–Trinajstić information content (AvgIpc) is 3.36. The van der Waals surface area contributed by atoms with E-state index in [2.05, 4.69) is 25.1 Å². The van der Waals surface area contributed by atoms with Crippen LogP contribution in [0.3, 0.4) is 0 Å². The number of likely N-dealkylation sites (tertiary alicyclic amines) is 1. The van der Waals surface area contributed by atoms with Gasteiger partial charge < -0.3 is 10.2 Å². The van der Waals surface area contributed by atoms with Crippen LogP contribution in [0.5, 0.6) is 0 Å². The zero-order valence-electron chi connectivity index (χ0n) is 18.1. The molecule has 1 N–H and O–H groups in total. The number of carbonyl (C=O) groups is 2. The fourth-order valence-electron chi connectivity index (χ4n) is 4.38. The van der Waals surface area contributed by atoms with Crippen LogP contribution in [-0.4, -0.2) is 88.8 Å². The molecule has 32 heavy (non-hydrogen) atoms. The normalized spacial score (nSPS) is 18.5. The molecular weight excluding hydrogens is 428 g/mol. The van der Waals surface area contributed by atoms with E-state index in [0.29, 0.717) is 45.0 Å². The average molecular weight is 457 g/mol. The van der Waals surface area contributed by atoms with Crippen molar-refractivity contribution in [3.05, 3.63) is 59.1 Å². The molecule has 3 heterocycles. The molecule has 2 saturated heterocycles. The lowest BCUT2D eigenvalue weighted by Gasteiger charge is -2.34. The molecule has 0 radical (unpaired) electrons. The Morgan fingerprint density at radius 3 is 2.47 bits per heavy atom. The van der Waals surface area contributed by atoms with Gasteiger partial charge in [0.15, 0.2) is 0 Å². The van der Waals surface area contributed by atoms with Crippen molar-refractivity contribution in [2.24, 2.45) is 0 Å². The van der Waals surface area contributed by atoms with E-state index in [1.807, 2.05) is 24.3 Å². The fraction of sp³-hybridized carbons (Fsp3) is 0.478. The molecule has 2 amide bonds. The van der Waals surface area contributed by atoms with Crippen LogP contribution in [0.1, 0.15) is 34.9 Å². The van der Waals surface area contributed by atoms with Crippen molar-refractivity contribution >= 4 is 23.4 Å². The van der Waals surface area contributed by atoms with Gasteiger partial charge in [-0.25, -0.2) is 4.98 Å². The number of nitrogens with zero attached hydrogens (tertiary/aromatic N) is 5. The summed E-state index contributed by atoms with van der Waals surface area (Å²) < 4.78 is 0. The third-order valence-electron chi connectivity index (χ3n) is 6.15. The van der Waals surface area contributed by atoms with Crippen LogP contribution in [0.25, 0.3) is 0 Å². The number of rotatable bonds is 7. The number of nitrogens with one attached hydrogen (secondary N) is 1. The third-order valence-corrected chi connectivity index (χ3v) is 6.49. The van der Waals surface area contributed by atoms with Crippen LogP contribution < -0.4 is 5.32 Å². The van der Waals surface area contributed by atoms with Gasteiger partial charge in [0.25, 0.3) is 5.91 Å². The third kappa shape index (κ3) is 5.62. The zero-order valence-corrected chi connectivity index (χ0v) is 18.9. The Kier molecular flexibility index (Phi) is 7.68. The number of hydrogen-bond donors (Lipinski definition) is 1. The molecule has 0 spiro atoms. The minimum absolute atomic E-state index is 0.00467. The van der Waals surface area contributed by atoms with E-state index >= 15 is 0 Å². The SMILES string of the molecule is O=C(CN1CCN(C(=O)c2cnccn2)CC1)NCC(c1ccccc1Cl)N1CCCC1. The summed E-state index contributed by atoms with van der Waals surface area (Å²) in [5.74, 6) is -0.120. The molecule has 1 atom stereocenters. The van der Waals surface area contributed by atoms with Crippen LogP contribution in [0.2, 0.25) is 5.02 Å². The van der Waals surface area contributed by atoms with Crippen molar-refractivity contribution < 1.29 is 9.59 Å². The van der Waals surface area contributed by atoms with Crippen LogP contribution in [0.4, 0.5) is 0 Å². The summed E-state index contributed by atoms with van der Waals surface area (Å²) in [6, 6.07) is 7.96. The zero-order chi connectivity index (χ0) is 22.3. The first-order valence-electron chi connectivity index (χ1n) is 11.1.